The topological polar surface area (TPSA) is 79.3 Å². The highest BCUT2D eigenvalue weighted by Crippen LogP contribution is 2.27. The number of thiophene rings is 1. The fourth-order valence-electron chi connectivity index (χ4n) is 3.41. The van der Waals surface area contributed by atoms with Gasteiger partial charge in [0.2, 0.25) is 5.95 Å². The van der Waals surface area contributed by atoms with E-state index in [1.54, 1.807) is 6.21 Å². The van der Waals surface area contributed by atoms with Gasteiger partial charge in [-0.2, -0.15) is 0 Å². The Morgan fingerprint density at radius 3 is 2.96 bits per heavy atom. The van der Waals surface area contributed by atoms with Gasteiger partial charge >= 0.3 is 0 Å². The Hall–Kier alpha value is -2.28. The molecule has 7 heteroatoms. The maximum Gasteiger partial charge on any atom is 0.271 e. The molecule has 2 heterocycles. The zero-order valence-corrected chi connectivity index (χ0v) is 16.8. The number of rotatable bonds is 8. The second kappa shape index (κ2) is 9.08. The van der Waals surface area contributed by atoms with Crippen LogP contribution < -0.4 is 10.6 Å². The third-order valence-corrected chi connectivity index (χ3v) is 5.88. The lowest BCUT2D eigenvalue weighted by atomic mass is 10.0. The number of aromatic nitrogens is 2. The Kier molecular flexibility index (Phi) is 6.55. The monoisotopic (exact) mass is 385 g/mol. The standard InChI is InChI=1S/C20H27N5OS/c1-4-21-13(2)14(3)23-20-24-16-10-12-27-18(16)17(25-20)19(26)22-11-9-15-7-5-6-8-15/h4,10,12,14-15H,2,5-9,11H2,1,3H3,(H,22,26)(H,23,24,25)/b21-4-. The lowest BCUT2D eigenvalue weighted by Gasteiger charge is -2.14. The lowest BCUT2D eigenvalue weighted by molar-refractivity contribution is 0.0948. The van der Waals surface area contributed by atoms with Gasteiger partial charge in [-0.25, -0.2) is 9.97 Å². The van der Waals surface area contributed by atoms with Crippen molar-refractivity contribution in [1.29, 1.82) is 0 Å². The first kappa shape index (κ1) is 19.5. The van der Waals surface area contributed by atoms with Gasteiger partial charge in [-0.15, -0.1) is 11.3 Å². The van der Waals surface area contributed by atoms with Crippen molar-refractivity contribution in [2.45, 2.75) is 52.0 Å². The minimum atomic E-state index is -0.135. The van der Waals surface area contributed by atoms with Crippen LogP contribution >= 0.6 is 11.3 Å². The van der Waals surface area contributed by atoms with Crippen LogP contribution in [0.3, 0.4) is 0 Å². The molecule has 1 saturated carbocycles. The quantitative estimate of drug-likeness (QED) is 0.660. The maximum absolute atomic E-state index is 12.7. The summed E-state index contributed by atoms with van der Waals surface area (Å²) in [7, 11) is 0. The second-order valence-electron chi connectivity index (χ2n) is 6.97. The molecule has 1 atom stereocenters. The van der Waals surface area contributed by atoms with Crippen LogP contribution in [0, 0.1) is 5.92 Å². The van der Waals surface area contributed by atoms with E-state index in [4.69, 9.17) is 0 Å². The molecule has 0 spiro atoms. The average Bonchev–Trinajstić information content (AvgIpc) is 3.32. The van der Waals surface area contributed by atoms with E-state index in [1.807, 2.05) is 25.3 Å². The predicted octanol–water partition coefficient (Wildman–Crippen LogP) is 4.41. The van der Waals surface area contributed by atoms with Gasteiger partial charge in [0.05, 0.1) is 22.0 Å². The van der Waals surface area contributed by atoms with Gasteiger partial charge in [0, 0.05) is 12.8 Å². The summed E-state index contributed by atoms with van der Waals surface area (Å²) in [5.41, 5.74) is 1.89. The molecule has 0 aliphatic heterocycles. The summed E-state index contributed by atoms with van der Waals surface area (Å²) in [6, 6.07) is 1.78. The molecule has 2 aromatic rings. The van der Waals surface area contributed by atoms with Crippen LogP contribution in [-0.4, -0.2) is 34.7 Å². The van der Waals surface area contributed by atoms with Gasteiger partial charge < -0.3 is 10.6 Å². The molecule has 0 saturated heterocycles. The third kappa shape index (κ3) is 4.91. The van der Waals surface area contributed by atoms with E-state index in [1.165, 1.54) is 37.0 Å². The normalized spacial score (nSPS) is 16.1. The summed E-state index contributed by atoms with van der Waals surface area (Å²) in [6.45, 7) is 8.42. The van der Waals surface area contributed by atoms with Crippen LogP contribution in [0.1, 0.15) is 56.4 Å². The molecule has 1 aliphatic carbocycles. The van der Waals surface area contributed by atoms with Crippen molar-refractivity contribution >= 4 is 39.6 Å². The summed E-state index contributed by atoms with van der Waals surface area (Å²) >= 11 is 1.49. The molecule has 1 unspecified atom stereocenters. The van der Waals surface area contributed by atoms with Crippen LogP contribution in [0.2, 0.25) is 0 Å². The summed E-state index contributed by atoms with van der Waals surface area (Å²) in [6.07, 6.45) is 7.96. The molecular formula is C20H27N5OS. The first-order valence-electron chi connectivity index (χ1n) is 9.56. The Bertz CT molecular complexity index is 838. The molecule has 1 aliphatic rings. The zero-order chi connectivity index (χ0) is 19.2. The molecule has 6 nitrogen and oxygen atoms in total. The highest BCUT2D eigenvalue weighted by atomic mass is 32.1. The van der Waals surface area contributed by atoms with Crippen molar-refractivity contribution in [3.63, 3.8) is 0 Å². The summed E-state index contributed by atoms with van der Waals surface area (Å²) in [4.78, 5) is 25.9. The van der Waals surface area contributed by atoms with Crippen LogP contribution in [0.4, 0.5) is 5.95 Å². The first-order chi connectivity index (χ1) is 13.1. The van der Waals surface area contributed by atoms with Crippen molar-refractivity contribution in [1.82, 2.24) is 15.3 Å². The van der Waals surface area contributed by atoms with Crippen LogP contribution in [0.15, 0.2) is 28.7 Å². The summed E-state index contributed by atoms with van der Waals surface area (Å²) in [5.74, 6) is 1.03. The molecule has 0 radical (unpaired) electrons. The molecule has 144 valence electrons. The molecule has 1 amide bonds. The Morgan fingerprint density at radius 2 is 2.22 bits per heavy atom. The second-order valence-corrected chi connectivity index (χ2v) is 7.89. The number of aliphatic imine (C=N–C) groups is 1. The number of nitrogens with one attached hydrogen (secondary N) is 2. The largest absolute Gasteiger partial charge is 0.351 e. The number of carbonyl (C=O) groups is 1. The van der Waals surface area contributed by atoms with Crippen LogP contribution in [-0.2, 0) is 0 Å². The Labute approximate surface area is 164 Å². The Morgan fingerprint density at radius 1 is 1.44 bits per heavy atom. The number of amides is 1. The highest BCUT2D eigenvalue weighted by Gasteiger charge is 2.19. The summed E-state index contributed by atoms with van der Waals surface area (Å²) in [5, 5.41) is 8.17. The third-order valence-electron chi connectivity index (χ3n) is 4.97. The molecule has 0 bridgehead atoms. The van der Waals surface area contributed by atoms with Gasteiger partial charge in [-0.05, 0) is 37.6 Å². The van der Waals surface area contributed by atoms with Crippen molar-refractivity contribution in [3.05, 3.63) is 29.4 Å². The van der Waals surface area contributed by atoms with Crippen LogP contribution in [0.5, 0.6) is 0 Å². The fourth-order valence-corrected chi connectivity index (χ4v) is 4.23. The maximum atomic E-state index is 12.7. The zero-order valence-electron chi connectivity index (χ0n) is 16.0. The first-order valence-corrected chi connectivity index (χ1v) is 10.4. The SMILES string of the molecule is C=C(/N=C\C)C(C)Nc1nc(C(=O)NCCC2CCCC2)c2sccc2n1. The number of anilines is 1. The van der Waals surface area contributed by atoms with E-state index >= 15 is 0 Å². The number of hydrogen-bond donors (Lipinski definition) is 2. The van der Waals surface area contributed by atoms with E-state index in [-0.39, 0.29) is 11.9 Å². The van der Waals surface area contributed by atoms with E-state index in [9.17, 15) is 4.79 Å². The van der Waals surface area contributed by atoms with Crippen molar-refractivity contribution in [2.24, 2.45) is 10.9 Å². The highest BCUT2D eigenvalue weighted by molar-refractivity contribution is 7.17. The molecular weight excluding hydrogens is 358 g/mol. The van der Waals surface area contributed by atoms with Gasteiger partial charge in [0.1, 0.15) is 0 Å². The smallest absolute Gasteiger partial charge is 0.271 e. The minimum absolute atomic E-state index is 0.129. The molecule has 27 heavy (non-hydrogen) atoms. The van der Waals surface area contributed by atoms with E-state index in [2.05, 4.69) is 32.2 Å². The van der Waals surface area contributed by atoms with Gasteiger partial charge in [0.15, 0.2) is 5.69 Å². The number of hydrogen-bond acceptors (Lipinski definition) is 6. The van der Waals surface area contributed by atoms with Crippen molar-refractivity contribution < 1.29 is 4.79 Å². The average molecular weight is 386 g/mol. The van der Waals surface area contributed by atoms with E-state index in [0.717, 1.165) is 22.6 Å². The fraction of sp³-hybridized carbons (Fsp3) is 0.500. The van der Waals surface area contributed by atoms with E-state index < -0.39 is 0 Å². The van der Waals surface area contributed by atoms with Crippen molar-refractivity contribution in [3.8, 4) is 0 Å². The van der Waals surface area contributed by atoms with Gasteiger partial charge in [-0.1, -0.05) is 32.3 Å². The van der Waals surface area contributed by atoms with Gasteiger partial charge in [-0.3, -0.25) is 9.79 Å². The number of nitrogens with zero attached hydrogens (tertiary/aromatic N) is 3. The minimum Gasteiger partial charge on any atom is -0.351 e. The molecule has 2 N–H and O–H groups in total. The molecule has 3 rings (SSSR count). The van der Waals surface area contributed by atoms with E-state index in [0.29, 0.717) is 23.9 Å². The molecule has 1 fully saturated rings. The lowest BCUT2D eigenvalue weighted by Crippen LogP contribution is -2.27. The van der Waals surface area contributed by atoms with Crippen LogP contribution in [0.25, 0.3) is 10.2 Å². The molecule has 0 aromatic carbocycles. The Balaban J connectivity index is 1.72. The summed E-state index contributed by atoms with van der Waals surface area (Å²) < 4.78 is 0.817. The predicted molar refractivity (Wildman–Crippen MR) is 113 cm³/mol. The number of fused-ring (bicyclic) bond motifs is 1. The number of carbonyl (C=O) groups excluding carboxylic acids is 1. The van der Waals surface area contributed by atoms with Gasteiger partial charge in [0.25, 0.3) is 5.91 Å². The molecule has 2 aromatic heterocycles. The van der Waals surface area contributed by atoms with Crippen molar-refractivity contribution in [2.75, 3.05) is 11.9 Å².